The fourth-order valence-electron chi connectivity index (χ4n) is 3.56. The molecule has 1 aliphatic carbocycles. The summed E-state index contributed by atoms with van der Waals surface area (Å²) in [6.45, 7) is 1.33. The first-order valence-electron chi connectivity index (χ1n) is 8.96. The van der Waals surface area contributed by atoms with E-state index in [4.69, 9.17) is 4.74 Å². The predicted molar refractivity (Wildman–Crippen MR) is 92.3 cm³/mol. The molecule has 2 aliphatic rings. The van der Waals surface area contributed by atoms with Crippen molar-refractivity contribution in [2.75, 3.05) is 6.54 Å². The summed E-state index contributed by atoms with van der Waals surface area (Å²) in [4.78, 5) is 49.8. The van der Waals surface area contributed by atoms with Crippen LogP contribution in [0, 0.1) is 5.82 Å². The van der Waals surface area contributed by atoms with Gasteiger partial charge in [0.25, 0.3) is 5.91 Å². The first-order chi connectivity index (χ1) is 12.8. The molecule has 1 saturated heterocycles. The monoisotopic (exact) mass is 376 g/mol. The van der Waals surface area contributed by atoms with E-state index in [2.05, 4.69) is 5.32 Å². The van der Waals surface area contributed by atoms with Gasteiger partial charge in [0, 0.05) is 12.1 Å². The van der Waals surface area contributed by atoms with Gasteiger partial charge in [0.1, 0.15) is 11.4 Å². The van der Waals surface area contributed by atoms with Gasteiger partial charge in [-0.15, -0.1) is 0 Å². The fourth-order valence-corrected chi connectivity index (χ4v) is 3.56. The van der Waals surface area contributed by atoms with Crippen LogP contribution >= 0.6 is 0 Å². The normalized spacial score (nSPS) is 19.3. The number of hydrogen-bond donors (Lipinski definition) is 1. The van der Waals surface area contributed by atoms with Crippen LogP contribution in [0.5, 0.6) is 0 Å². The molecule has 27 heavy (non-hydrogen) atoms. The van der Waals surface area contributed by atoms with Gasteiger partial charge >= 0.3 is 12.0 Å². The van der Waals surface area contributed by atoms with Gasteiger partial charge in [-0.3, -0.25) is 19.3 Å². The maximum Gasteiger partial charge on any atom is 0.325 e. The molecule has 2 fully saturated rings. The fraction of sp³-hybridized carbons (Fsp3) is 0.474. The Morgan fingerprint density at radius 2 is 1.85 bits per heavy atom. The first kappa shape index (κ1) is 19.0. The summed E-state index contributed by atoms with van der Waals surface area (Å²) in [6.07, 6.45) is 1.74. The minimum Gasteiger partial charge on any atom is -0.454 e. The lowest BCUT2D eigenvalue weighted by atomic mass is 9.98. The lowest BCUT2D eigenvalue weighted by molar-refractivity contribution is -0.146. The molecule has 1 spiro atoms. The van der Waals surface area contributed by atoms with Crippen molar-refractivity contribution in [3.05, 3.63) is 35.6 Å². The maximum absolute atomic E-state index is 12.9. The molecule has 1 N–H and O–H groups in total. The Bertz CT molecular complexity index is 771. The van der Waals surface area contributed by atoms with Crippen molar-refractivity contribution in [3.8, 4) is 0 Å². The minimum atomic E-state index is -1.05. The molecular weight excluding hydrogens is 355 g/mol. The van der Waals surface area contributed by atoms with E-state index in [0.717, 1.165) is 29.9 Å². The number of halogens is 1. The summed E-state index contributed by atoms with van der Waals surface area (Å²) in [5.41, 5.74) is -0.582. The standard InChI is InChI=1S/C19H21FN2O5/c1-12(16(24)13-4-6-14(20)7-5-13)27-15(23)8-11-22-17(25)19(21-18(22)26)9-2-3-10-19/h4-7,12H,2-3,8-11H2,1H3,(H,21,26)/t12-/m0/s1. The topological polar surface area (TPSA) is 92.8 Å². The smallest absolute Gasteiger partial charge is 0.325 e. The number of esters is 1. The number of benzene rings is 1. The van der Waals surface area contributed by atoms with Crippen molar-refractivity contribution < 1.29 is 28.3 Å². The highest BCUT2D eigenvalue weighted by molar-refractivity contribution is 6.07. The predicted octanol–water partition coefficient (Wildman–Crippen LogP) is 2.19. The van der Waals surface area contributed by atoms with Crippen LogP contribution in [0.2, 0.25) is 0 Å². The van der Waals surface area contributed by atoms with Crippen molar-refractivity contribution in [1.82, 2.24) is 10.2 Å². The lowest BCUT2D eigenvalue weighted by Crippen LogP contribution is -2.44. The third kappa shape index (κ3) is 3.84. The lowest BCUT2D eigenvalue weighted by Gasteiger charge is -2.20. The Hall–Kier alpha value is -2.77. The molecule has 1 atom stereocenters. The third-order valence-electron chi connectivity index (χ3n) is 5.05. The first-order valence-corrected chi connectivity index (χ1v) is 8.96. The van der Waals surface area contributed by atoms with E-state index in [1.807, 2.05) is 0 Å². The molecule has 8 heteroatoms. The summed E-state index contributed by atoms with van der Waals surface area (Å²) < 4.78 is 18.0. The average Bonchev–Trinajstić information content (AvgIpc) is 3.19. The number of ketones is 1. The molecular formula is C19H21FN2O5. The molecule has 0 aromatic heterocycles. The highest BCUT2D eigenvalue weighted by atomic mass is 19.1. The summed E-state index contributed by atoms with van der Waals surface area (Å²) in [5.74, 6) is -1.91. The molecule has 7 nitrogen and oxygen atoms in total. The Morgan fingerprint density at radius 1 is 1.22 bits per heavy atom. The quantitative estimate of drug-likeness (QED) is 0.467. The van der Waals surface area contributed by atoms with E-state index in [0.29, 0.717) is 12.8 Å². The van der Waals surface area contributed by atoms with Crippen LogP contribution in [0.3, 0.4) is 0 Å². The van der Waals surface area contributed by atoms with Gasteiger partial charge in [0.15, 0.2) is 6.10 Å². The highest BCUT2D eigenvalue weighted by Gasteiger charge is 2.52. The van der Waals surface area contributed by atoms with Crippen LogP contribution in [-0.2, 0) is 14.3 Å². The van der Waals surface area contributed by atoms with Crippen LogP contribution in [0.4, 0.5) is 9.18 Å². The van der Waals surface area contributed by atoms with Gasteiger partial charge in [0.2, 0.25) is 5.78 Å². The number of nitrogens with one attached hydrogen (secondary N) is 1. The number of nitrogens with zero attached hydrogens (tertiary/aromatic N) is 1. The Balaban J connectivity index is 1.52. The van der Waals surface area contributed by atoms with Crippen molar-refractivity contribution in [2.45, 2.75) is 50.7 Å². The number of carbonyl (C=O) groups excluding carboxylic acids is 4. The van der Waals surface area contributed by atoms with Crippen LogP contribution in [0.15, 0.2) is 24.3 Å². The van der Waals surface area contributed by atoms with Gasteiger partial charge in [-0.2, -0.15) is 0 Å². The molecule has 1 aliphatic heterocycles. The number of imide groups is 1. The second kappa shape index (κ2) is 7.46. The molecule has 1 saturated carbocycles. The molecule has 3 rings (SSSR count). The van der Waals surface area contributed by atoms with E-state index in [1.54, 1.807) is 0 Å². The van der Waals surface area contributed by atoms with E-state index in [-0.39, 0.29) is 24.4 Å². The van der Waals surface area contributed by atoms with Gasteiger partial charge in [-0.25, -0.2) is 9.18 Å². The summed E-state index contributed by atoms with van der Waals surface area (Å²) in [6, 6.07) is 4.44. The summed E-state index contributed by atoms with van der Waals surface area (Å²) >= 11 is 0. The van der Waals surface area contributed by atoms with Crippen LogP contribution in [0.1, 0.15) is 49.4 Å². The zero-order valence-electron chi connectivity index (χ0n) is 15.0. The molecule has 0 radical (unpaired) electrons. The molecule has 0 bridgehead atoms. The zero-order chi connectivity index (χ0) is 19.6. The Kier molecular flexibility index (Phi) is 5.25. The molecule has 1 heterocycles. The number of amides is 3. The van der Waals surface area contributed by atoms with Gasteiger partial charge in [-0.05, 0) is 44.0 Å². The number of ether oxygens (including phenoxy) is 1. The average molecular weight is 376 g/mol. The van der Waals surface area contributed by atoms with Crippen LogP contribution in [-0.4, -0.2) is 46.8 Å². The van der Waals surface area contributed by atoms with E-state index >= 15 is 0 Å². The summed E-state index contributed by atoms with van der Waals surface area (Å²) in [5, 5.41) is 2.74. The molecule has 1 aromatic carbocycles. The molecule has 3 amide bonds. The number of rotatable bonds is 6. The van der Waals surface area contributed by atoms with Crippen molar-refractivity contribution in [3.63, 3.8) is 0 Å². The number of hydrogen-bond acceptors (Lipinski definition) is 5. The highest BCUT2D eigenvalue weighted by Crippen LogP contribution is 2.35. The minimum absolute atomic E-state index is 0.0945. The zero-order valence-corrected chi connectivity index (χ0v) is 15.0. The number of Topliss-reactive ketones (excluding diaryl/α,β-unsaturated/α-hetero) is 1. The van der Waals surface area contributed by atoms with Gasteiger partial charge in [-0.1, -0.05) is 12.8 Å². The van der Waals surface area contributed by atoms with E-state index < -0.39 is 35.2 Å². The van der Waals surface area contributed by atoms with Crippen LogP contribution in [0.25, 0.3) is 0 Å². The van der Waals surface area contributed by atoms with Crippen molar-refractivity contribution in [1.29, 1.82) is 0 Å². The molecule has 144 valence electrons. The van der Waals surface area contributed by atoms with Crippen LogP contribution < -0.4 is 5.32 Å². The second-order valence-corrected chi connectivity index (χ2v) is 6.93. The number of urea groups is 1. The van der Waals surface area contributed by atoms with Gasteiger partial charge in [0.05, 0.1) is 6.42 Å². The molecule has 0 unspecified atom stereocenters. The largest absolute Gasteiger partial charge is 0.454 e. The number of carbonyl (C=O) groups is 4. The Morgan fingerprint density at radius 3 is 2.48 bits per heavy atom. The molecule has 1 aromatic rings. The Labute approximate surface area is 155 Å². The second-order valence-electron chi connectivity index (χ2n) is 6.93. The van der Waals surface area contributed by atoms with Gasteiger partial charge < -0.3 is 10.1 Å². The third-order valence-corrected chi connectivity index (χ3v) is 5.05. The maximum atomic E-state index is 12.9. The SMILES string of the molecule is C[C@H](OC(=O)CCN1C(=O)NC2(CCCC2)C1=O)C(=O)c1ccc(F)cc1. The van der Waals surface area contributed by atoms with E-state index in [1.165, 1.54) is 19.1 Å². The summed E-state index contributed by atoms with van der Waals surface area (Å²) in [7, 11) is 0. The van der Waals surface area contributed by atoms with E-state index in [9.17, 15) is 23.6 Å². The van der Waals surface area contributed by atoms with Crippen molar-refractivity contribution in [2.24, 2.45) is 0 Å². The van der Waals surface area contributed by atoms with Crippen molar-refractivity contribution >= 4 is 23.7 Å².